The lowest BCUT2D eigenvalue weighted by Gasteiger charge is -2.24. The summed E-state index contributed by atoms with van der Waals surface area (Å²) in [4.78, 5) is 0. The maximum Gasteiger partial charge on any atom is 0.0520 e. The summed E-state index contributed by atoms with van der Waals surface area (Å²) in [5.74, 6) is 0. The fourth-order valence-electron chi connectivity index (χ4n) is 0.560. The standard InChI is InChI=1S/C7H13I2/c1-4-6(8)7(3,9)5-2/h4-5H2,1-3H3. The molecule has 0 saturated heterocycles. The first-order valence-electron chi connectivity index (χ1n) is 3.25. The van der Waals surface area contributed by atoms with Crippen LogP contribution in [-0.4, -0.2) is 3.42 Å². The van der Waals surface area contributed by atoms with Crippen molar-refractivity contribution in [3.8, 4) is 0 Å². The Morgan fingerprint density at radius 2 is 1.89 bits per heavy atom. The largest absolute Gasteiger partial charge is 0.0777 e. The zero-order chi connectivity index (χ0) is 7.49. The van der Waals surface area contributed by atoms with Gasteiger partial charge in [0.15, 0.2) is 0 Å². The molecule has 0 nitrogen and oxygen atoms in total. The van der Waals surface area contributed by atoms with Gasteiger partial charge in [0.2, 0.25) is 0 Å². The van der Waals surface area contributed by atoms with Crippen LogP contribution in [-0.2, 0) is 0 Å². The van der Waals surface area contributed by atoms with Crippen molar-refractivity contribution >= 4 is 45.2 Å². The summed E-state index contributed by atoms with van der Waals surface area (Å²) in [6, 6.07) is 0. The lowest BCUT2D eigenvalue weighted by Crippen LogP contribution is -2.19. The van der Waals surface area contributed by atoms with E-state index < -0.39 is 0 Å². The Balaban J connectivity index is 3.80. The Bertz CT molecular complexity index is 79.0. The zero-order valence-corrected chi connectivity index (χ0v) is 10.5. The molecule has 1 unspecified atom stereocenters. The third-order valence-electron chi connectivity index (χ3n) is 1.54. The fraction of sp³-hybridized carbons (Fsp3) is 0.857. The first-order valence-corrected chi connectivity index (χ1v) is 5.41. The first-order chi connectivity index (χ1) is 4.04. The van der Waals surface area contributed by atoms with Gasteiger partial charge >= 0.3 is 0 Å². The molecule has 0 heterocycles. The van der Waals surface area contributed by atoms with E-state index in [1.54, 1.807) is 3.92 Å². The van der Waals surface area contributed by atoms with Crippen molar-refractivity contribution in [3.63, 3.8) is 0 Å². The molecule has 0 aromatic rings. The highest BCUT2D eigenvalue weighted by Gasteiger charge is 2.25. The molecular weight excluding hydrogens is 338 g/mol. The molecule has 2 heteroatoms. The molecule has 0 bridgehead atoms. The van der Waals surface area contributed by atoms with Gasteiger partial charge in [-0.2, -0.15) is 0 Å². The van der Waals surface area contributed by atoms with Crippen LogP contribution >= 0.6 is 45.2 Å². The highest BCUT2D eigenvalue weighted by molar-refractivity contribution is 14.1. The molecule has 0 rings (SSSR count). The Kier molecular flexibility index (Phi) is 5.07. The summed E-state index contributed by atoms with van der Waals surface area (Å²) in [5.41, 5.74) is 0. The SMILES string of the molecule is CC[C](I)C(C)(I)CC. The molecule has 9 heavy (non-hydrogen) atoms. The quantitative estimate of drug-likeness (QED) is 0.533. The van der Waals surface area contributed by atoms with Gasteiger partial charge in [0.05, 0.1) is 3.92 Å². The molecule has 0 aliphatic heterocycles. The highest BCUT2D eigenvalue weighted by atomic mass is 127. The van der Waals surface area contributed by atoms with Crippen molar-refractivity contribution in [2.75, 3.05) is 0 Å². The summed E-state index contributed by atoms with van der Waals surface area (Å²) in [7, 11) is 0. The molecule has 0 aliphatic carbocycles. The summed E-state index contributed by atoms with van der Waals surface area (Å²) in [6.07, 6.45) is 2.44. The van der Waals surface area contributed by atoms with Crippen LogP contribution < -0.4 is 0 Å². The van der Waals surface area contributed by atoms with E-state index >= 15 is 0 Å². The van der Waals surface area contributed by atoms with Crippen LogP contribution in [0.2, 0.25) is 0 Å². The topological polar surface area (TPSA) is 0 Å². The van der Waals surface area contributed by atoms with Gasteiger partial charge in [0.25, 0.3) is 0 Å². The van der Waals surface area contributed by atoms with E-state index in [1.807, 2.05) is 0 Å². The number of hydrogen-bond acceptors (Lipinski definition) is 0. The minimum atomic E-state index is 0.424. The Labute approximate surface area is 85.5 Å². The second kappa shape index (κ2) is 4.36. The average molecular weight is 351 g/mol. The van der Waals surface area contributed by atoms with Gasteiger partial charge < -0.3 is 0 Å². The van der Waals surface area contributed by atoms with Crippen molar-refractivity contribution in [1.82, 2.24) is 0 Å². The van der Waals surface area contributed by atoms with Gasteiger partial charge in [-0.05, 0) is 19.8 Å². The minimum absolute atomic E-state index is 0.424. The minimum Gasteiger partial charge on any atom is -0.0777 e. The number of hydrogen-bond donors (Lipinski definition) is 0. The van der Waals surface area contributed by atoms with Crippen LogP contribution in [0.25, 0.3) is 0 Å². The molecule has 0 aliphatic rings. The predicted octanol–water partition coefficient (Wildman–Crippen LogP) is 3.97. The lowest BCUT2D eigenvalue weighted by molar-refractivity contribution is 0.701. The Morgan fingerprint density at radius 1 is 1.44 bits per heavy atom. The maximum absolute atomic E-state index is 2.52. The van der Waals surface area contributed by atoms with Crippen LogP contribution in [0.15, 0.2) is 0 Å². The van der Waals surface area contributed by atoms with E-state index in [1.165, 1.54) is 12.8 Å². The molecule has 1 atom stereocenters. The second-order valence-corrected chi connectivity index (χ2v) is 5.99. The average Bonchev–Trinajstić information content (AvgIpc) is 1.86. The smallest absolute Gasteiger partial charge is 0.0520 e. The third-order valence-corrected chi connectivity index (χ3v) is 5.94. The van der Waals surface area contributed by atoms with Gasteiger partial charge in [-0.3, -0.25) is 0 Å². The molecular formula is C7H13I2. The van der Waals surface area contributed by atoms with Gasteiger partial charge in [0, 0.05) is 3.42 Å². The molecule has 0 saturated carbocycles. The zero-order valence-electron chi connectivity index (χ0n) is 6.17. The summed E-state index contributed by atoms with van der Waals surface area (Å²) in [6.45, 7) is 6.74. The molecule has 0 amide bonds. The molecule has 0 aromatic heterocycles. The monoisotopic (exact) mass is 351 g/mol. The molecule has 0 fully saturated rings. The fourth-order valence-corrected chi connectivity index (χ4v) is 1.32. The molecule has 1 radical (unpaired) electrons. The van der Waals surface area contributed by atoms with Gasteiger partial charge in [0.1, 0.15) is 0 Å². The Hall–Kier alpha value is 1.46. The molecule has 0 N–H and O–H groups in total. The van der Waals surface area contributed by atoms with Gasteiger partial charge in [-0.15, -0.1) is 0 Å². The molecule has 0 aromatic carbocycles. The van der Waals surface area contributed by atoms with Crippen molar-refractivity contribution in [3.05, 3.63) is 3.92 Å². The van der Waals surface area contributed by atoms with Crippen LogP contribution in [0.5, 0.6) is 0 Å². The van der Waals surface area contributed by atoms with E-state index in [4.69, 9.17) is 0 Å². The highest BCUT2D eigenvalue weighted by Crippen LogP contribution is 2.39. The number of halogens is 2. The number of rotatable bonds is 3. The third kappa shape index (κ3) is 3.39. The van der Waals surface area contributed by atoms with Crippen molar-refractivity contribution in [2.45, 2.75) is 37.0 Å². The normalized spacial score (nSPS) is 18.0. The van der Waals surface area contributed by atoms with Crippen molar-refractivity contribution < 1.29 is 0 Å². The second-order valence-electron chi connectivity index (χ2n) is 2.31. The van der Waals surface area contributed by atoms with Crippen LogP contribution in [0.3, 0.4) is 0 Å². The van der Waals surface area contributed by atoms with Crippen LogP contribution in [0.1, 0.15) is 33.6 Å². The maximum atomic E-state index is 2.52. The summed E-state index contributed by atoms with van der Waals surface area (Å²) >= 11 is 4.98. The summed E-state index contributed by atoms with van der Waals surface area (Å²) < 4.78 is 2.00. The van der Waals surface area contributed by atoms with Crippen LogP contribution in [0.4, 0.5) is 0 Å². The number of alkyl halides is 1. The van der Waals surface area contributed by atoms with E-state index in [0.29, 0.717) is 3.42 Å². The molecule has 55 valence electrons. The Morgan fingerprint density at radius 3 is 2.00 bits per heavy atom. The van der Waals surface area contributed by atoms with Crippen molar-refractivity contribution in [2.24, 2.45) is 0 Å². The van der Waals surface area contributed by atoms with E-state index in [0.717, 1.165) is 0 Å². The van der Waals surface area contributed by atoms with Crippen molar-refractivity contribution in [1.29, 1.82) is 0 Å². The summed E-state index contributed by atoms with van der Waals surface area (Å²) in [5, 5.41) is 0. The van der Waals surface area contributed by atoms with E-state index in [9.17, 15) is 0 Å². The van der Waals surface area contributed by atoms with E-state index in [2.05, 4.69) is 66.0 Å². The van der Waals surface area contributed by atoms with Crippen LogP contribution in [0, 0.1) is 3.92 Å². The molecule has 0 spiro atoms. The lowest BCUT2D eigenvalue weighted by atomic mass is 10.0. The first kappa shape index (κ1) is 10.5. The predicted molar refractivity (Wildman–Crippen MR) is 60.3 cm³/mol. The van der Waals surface area contributed by atoms with Gasteiger partial charge in [-0.1, -0.05) is 59.0 Å². The van der Waals surface area contributed by atoms with E-state index in [-0.39, 0.29) is 0 Å². The van der Waals surface area contributed by atoms with Gasteiger partial charge in [-0.25, -0.2) is 0 Å².